The number of anilines is 1. The van der Waals surface area contributed by atoms with Gasteiger partial charge in [0.25, 0.3) is 5.69 Å². The van der Waals surface area contributed by atoms with E-state index in [2.05, 4.69) is 54.4 Å². The van der Waals surface area contributed by atoms with Crippen molar-refractivity contribution in [3.63, 3.8) is 0 Å². The van der Waals surface area contributed by atoms with Crippen LogP contribution in [0.4, 0.5) is 11.4 Å². The minimum atomic E-state index is -0.371. The Balaban J connectivity index is 1.60. The van der Waals surface area contributed by atoms with Crippen LogP contribution in [0.3, 0.4) is 0 Å². The van der Waals surface area contributed by atoms with Gasteiger partial charge in [0.2, 0.25) is 0 Å². The molecule has 3 aromatic carbocycles. The van der Waals surface area contributed by atoms with E-state index in [9.17, 15) is 10.1 Å². The number of nitro groups is 1. The summed E-state index contributed by atoms with van der Waals surface area (Å²) >= 11 is 0. The predicted octanol–water partition coefficient (Wildman–Crippen LogP) is 5.16. The highest BCUT2D eigenvalue weighted by Crippen LogP contribution is 2.43. The van der Waals surface area contributed by atoms with E-state index < -0.39 is 0 Å². The van der Waals surface area contributed by atoms with Crippen molar-refractivity contribution < 1.29 is 4.92 Å². The third-order valence-electron chi connectivity index (χ3n) is 6.10. The number of fused-ring (bicyclic) bond motifs is 1. The van der Waals surface area contributed by atoms with E-state index in [4.69, 9.17) is 5.10 Å². The molecule has 160 valence electrons. The number of hydrogen-bond acceptors (Lipinski definition) is 5. The Kier molecular flexibility index (Phi) is 5.29. The van der Waals surface area contributed by atoms with Crippen molar-refractivity contribution in [2.75, 3.05) is 25.1 Å². The molecule has 2 aliphatic heterocycles. The molecule has 0 amide bonds. The molecule has 0 spiro atoms. The maximum atomic E-state index is 11.1. The van der Waals surface area contributed by atoms with Crippen molar-refractivity contribution in [3.05, 3.63) is 112 Å². The zero-order chi connectivity index (χ0) is 22.1. The van der Waals surface area contributed by atoms with Crippen LogP contribution in [0.5, 0.6) is 0 Å². The number of hydrogen-bond donors (Lipinski definition) is 0. The number of benzene rings is 3. The number of nitro benzene ring substituents is 1. The molecule has 6 nitrogen and oxygen atoms in total. The zero-order valence-electron chi connectivity index (χ0n) is 17.8. The van der Waals surface area contributed by atoms with Crippen molar-refractivity contribution in [1.82, 2.24) is 4.90 Å². The molecule has 0 saturated carbocycles. The van der Waals surface area contributed by atoms with E-state index in [0.717, 1.165) is 30.1 Å². The number of likely N-dealkylation sites (tertiary alicyclic amines) is 1. The third kappa shape index (κ3) is 3.81. The molecule has 2 unspecified atom stereocenters. The lowest BCUT2D eigenvalue weighted by molar-refractivity contribution is -0.384. The lowest BCUT2D eigenvalue weighted by atomic mass is 9.83. The van der Waals surface area contributed by atoms with Crippen LogP contribution in [0.2, 0.25) is 0 Å². The summed E-state index contributed by atoms with van der Waals surface area (Å²) in [5.41, 5.74) is 5.58. The average molecular weight is 425 g/mol. The number of piperidine rings is 1. The Hall–Kier alpha value is -3.77. The molecule has 0 N–H and O–H groups in total. The molecule has 32 heavy (non-hydrogen) atoms. The van der Waals surface area contributed by atoms with Crippen LogP contribution in [0.15, 0.2) is 95.6 Å². The standard InChI is InChI=1S/C26H24N4O2/c1-28-17-21(16-19-8-4-2-5-9-19)25-24(18-28)26(20-10-6-3-7-11-20)29(27-25)22-12-14-23(15-13-22)30(31)32/h2-16,24,26H,17-18H2,1H3. The Morgan fingerprint density at radius 2 is 1.62 bits per heavy atom. The molecule has 0 radical (unpaired) electrons. The Bertz CT molecular complexity index is 1170. The second-order valence-electron chi connectivity index (χ2n) is 8.34. The SMILES string of the molecule is CN1CC(=Cc2ccccc2)C2=NN(c3ccc([N+](=O)[O-])cc3)C(c3ccccc3)C2C1. The van der Waals surface area contributed by atoms with Gasteiger partial charge in [-0.15, -0.1) is 0 Å². The van der Waals surface area contributed by atoms with Gasteiger partial charge in [-0.25, -0.2) is 0 Å². The van der Waals surface area contributed by atoms with Crippen LogP contribution < -0.4 is 5.01 Å². The van der Waals surface area contributed by atoms with Gasteiger partial charge in [-0.3, -0.25) is 15.1 Å². The lowest BCUT2D eigenvalue weighted by Crippen LogP contribution is -2.41. The van der Waals surface area contributed by atoms with Gasteiger partial charge in [0.1, 0.15) is 0 Å². The molecule has 2 aliphatic rings. The zero-order valence-corrected chi connectivity index (χ0v) is 17.8. The first-order valence-corrected chi connectivity index (χ1v) is 10.7. The highest BCUT2D eigenvalue weighted by molar-refractivity contribution is 6.08. The summed E-state index contributed by atoms with van der Waals surface area (Å²) in [7, 11) is 2.15. The highest BCUT2D eigenvalue weighted by Gasteiger charge is 2.43. The van der Waals surface area contributed by atoms with Crippen LogP contribution in [-0.4, -0.2) is 35.7 Å². The van der Waals surface area contributed by atoms with Crippen molar-refractivity contribution in [1.29, 1.82) is 0 Å². The minimum Gasteiger partial charge on any atom is -0.301 e. The molecule has 3 aromatic rings. The van der Waals surface area contributed by atoms with Crippen molar-refractivity contribution in [3.8, 4) is 0 Å². The average Bonchev–Trinajstić information content (AvgIpc) is 3.20. The largest absolute Gasteiger partial charge is 0.301 e. The number of hydrazone groups is 1. The number of rotatable bonds is 4. The fourth-order valence-electron chi connectivity index (χ4n) is 4.67. The van der Waals surface area contributed by atoms with E-state index in [1.54, 1.807) is 24.3 Å². The monoisotopic (exact) mass is 424 g/mol. The summed E-state index contributed by atoms with van der Waals surface area (Å²) in [4.78, 5) is 13.1. The van der Waals surface area contributed by atoms with Gasteiger partial charge < -0.3 is 4.90 Å². The van der Waals surface area contributed by atoms with E-state index >= 15 is 0 Å². The second-order valence-corrected chi connectivity index (χ2v) is 8.34. The van der Waals surface area contributed by atoms with Gasteiger partial charge in [-0.2, -0.15) is 5.10 Å². The van der Waals surface area contributed by atoms with Gasteiger partial charge in [0.05, 0.1) is 22.4 Å². The molecule has 1 saturated heterocycles. The topological polar surface area (TPSA) is 62.0 Å². The molecule has 0 bridgehead atoms. The van der Waals surface area contributed by atoms with Crippen molar-refractivity contribution in [2.24, 2.45) is 11.0 Å². The second kappa shape index (κ2) is 8.40. The maximum absolute atomic E-state index is 11.1. The summed E-state index contributed by atoms with van der Waals surface area (Å²) in [6, 6.07) is 27.4. The molecule has 6 heteroatoms. The third-order valence-corrected chi connectivity index (χ3v) is 6.10. The van der Waals surface area contributed by atoms with E-state index in [1.165, 1.54) is 11.1 Å². The number of likely N-dealkylation sites (N-methyl/N-ethyl adjacent to an activating group) is 1. The minimum absolute atomic E-state index is 0.0228. The lowest BCUT2D eigenvalue weighted by Gasteiger charge is -2.34. The molecule has 0 aliphatic carbocycles. The van der Waals surface area contributed by atoms with Crippen LogP contribution >= 0.6 is 0 Å². The smallest absolute Gasteiger partial charge is 0.269 e. The van der Waals surface area contributed by atoms with Gasteiger partial charge >= 0.3 is 0 Å². The first-order chi connectivity index (χ1) is 15.6. The first-order valence-electron chi connectivity index (χ1n) is 10.7. The molecule has 5 rings (SSSR count). The number of nitrogens with zero attached hydrogens (tertiary/aromatic N) is 4. The predicted molar refractivity (Wildman–Crippen MR) is 128 cm³/mol. The van der Waals surface area contributed by atoms with Crippen LogP contribution in [-0.2, 0) is 0 Å². The molecular weight excluding hydrogens is 400 g/mol. The van der Waals surface area contributed by atoms with E-state index in [1.807, 2.05) is 29.3 Å². The maximum Gasteiger partial charge on any atom is 0.269 e. The normalized spacial score (nSPS) is 22.0. The van der Waals surface area contributed by atoms with Crippen LogP contribution in [0.1, 0.15) is 17.2 Å². The fraction of sp³-hybridized carbons (Fsp3) is 0.192. The van der Waals surface area contributed by atoms with Crippen molar-refractivity contribution >= 4 is 23.2 Å². The molecular formula is C26H24N4O2. The van der Waals surface area contributed by atoms with Gasteiger partial charge in [0.15, 0.2) is 0 Å². The van der Waals surface area contributed by atoms with Gasteiger partial charge in [-0.1, -0.05) is 60.7 Å². The van der Waals surface area contributed by atoms with Crippen LogP contribution in [0, 0.1) is 16.0 Å². The summed E-state index contributed by atoms with van der Waals surface area (Å²) in [5, 5.41) is 18.3. The van der Waals surface area contributed by atoms with E-state index in [-0.39, 0.29) is 22.6 Å². The number of non-ortho nitro benzene ring substituents is 1. The van der Waals surface area contributed by atoms with Gasteiger partial charge in [-0.05, 0) is 42.0 Å². The summed E-state index contributed by atoms with van der Waals surface area (Å²) in [6.07, 6.45) is 2.23. The highest BCUT2D eigenvalue weighted by atomic mass is 16.6. The summed E-state index contributed by atoms with van der Waals surface area (Å²) in [6.45, 7) is 1.73. The quantitative estimate of drug-likeness (QED) is 0.429. The first kappa shape index (κ1) is 20.2. The molecule has 0 aromatic heterocycles. The summed E-state index contributed by atoms with van der Waals surface area (Å²) in [5.74, 6) is 0.196. The van der Waals surface area contributed by atoms with Crippen LogP contribution in [0.25, 0.3) is 6.08 Å². The summed E-state index contributed by atoms with van der Waals surface area (Å²) < 4.78 is 0. The Labute approximate surface area is 187 Å². The molecule has 2 heterocycles. The van der Waals surface area contributed by atoms with E-state index in [0.29, 0.717) is 0 Å². The Morgan fingerprint density at radius 1 is 0.969 bits per heavy atom. The van der Waals surface area contributed by atoms with Crippen molar-refractivity contribution in [2.45, 2.75) is 6.04 Å². The molecule has 2 atom stereocenters. The Morgan fingerprint density at radius 3 is 2.28 bits per heavy atom. The molecule has 1 fully saturated rings. The van der Waals surface area contributed by atoms with Gasteiger partial charge in [0, 0.05) is 31.1 Å². The fourth-order valence-corrected chi connectivity index (χ4v) is 4.67.